The third-order valence-corrected chi connectivity index (χ3v) is 16.1. The van der Waals surface area contributed by atoms with Gasteiger partial charge in [0.25, 0.3) is 11.8 Å². The predicted molar refractivity (Wildman–Crippen MR) is 223 cm³/mol. The monoisotopic (exact) mass is 890 g/mol. The fourth-order valence-corrected chi connectivity index (χ4v) is 10.7. The number of halogens is 3. The van der Waals surface area contributed by atoms with Crippen molar-refractivity contribution in [3.63, 3.8) is 0 Å². The van der Waals surface area contributed by atoms with Gasteiger partial charge in [0, 0.05) is 43.3 Å². The molecule has 5 aliphatic rings. The number of nitrogens with one attached hydrogen (secondary N) is 2. The summed E-state index contributed by atoms with van der Waals surface area (Å²) in [5.41, 5.74) is -3.33. The number of pyridine rings is 1. The first-order valence-electron chi connectivity index (χ1n) is 21.4. The van der Waals surface area contributed by atoms with Crippen molar-refractivity contribution >= 4 is 50.3 Å². The molecule has 4 amide bonds. The molecule has 1 aromatic carbocycles. The molecule has 3 fully saturated rings. The minimum Gasteiger partial charge on any atom is -0.489 e. The van der Waals surface area contributed by atoms with Crippen LogP contribution in [0.1, 0.15) is 86.0 Å². The van der Waals surface area contributed by atoms with E-state index in [1.54, 1.807) is 19.1 Å². The van der Waals surface area contributed by atoms with Gasteiger partial charge >= 0.3 is 6.09 Å². The van der Waals surface area contributed by atoms with Crippen molar-refractivity contribution < 1.29 is 55.3 Å². The highest BCUT2D eigenvalue weighted by atomic mass is 32.2. The summed E-state index contributed by atoms with van der Waals surface area (Å²) in [6.07, 6.45) is 3.79. The fourth-order valence-electron chi connectivity index (χ4n) is 9.30. The fraction of sp³-hybridized carbons (Fsp3) is 0.651. The van der Waals surface area contributed by atoms with E-state index >= 15 is 13.6 Å². The van der Waals surface area contributed by atoms with Crippen molar-refractivity contribution in [1.29, 1.82) is 0 Å². The number of aromatic nitrogens is 1. The Morgan fingerprint density at radius 1 is 1.15 bits per heavy atom. The van der Waals surface area contributed by atoms with Crippen LogP contribution in [0.2, 0.25) is 0 Å². The van der Waals surface area contributed by atoms with Gasteiger partial charge in [0.15, 0.2) is 5.75 Å². The highest BCUT2D eigenvalue weighted by molar-refractivity contribution is 7.91. The van der Waals surface area contributed by atoms with Gasteiger partial charge in [-0.25, -0.2) is 31.4 Å². The lowest BCUT2D eigenvalue weighted by atomic mass is 9.81. The quantitative estimate of drug-likeness (QED) is 0.259. The van der Waals surface area contributed by atoms with Gasteiger partial charge in [-0.05, 0) is 82.4 Å². The molecule has 3 aliphatic heterocycles. The summed E-state index contributed by atoms with van der Waals surface area (Å²) in [7, 11) is -2.54. The number of likely N-dealkylation sites (N-methyl/N-ethyl adjacent to an activating group) is 1. The van der Waals surface area contributed by atoms with Crippen LogP contribution in [-0.2, 0) is 24.4 Å². The van der Waals surface area contributed by atoms with E-state index in [4.69, 9.17) is 9.47 Å². The molecular formula is C43H57F3N6O9S. The van der Waals surface area contributed by atoms with Crippen molar-refractivity contribution in [2.45, 2.75) is 126 Å². The molecule has 1 saturated heterocycles. The number of fused-ring (bicyclic) bond motifs is 5. The first kappa shape index (κ1) is 45.2. The molecule has 0 spiro atoms. The Morgan fingerprint density at radius 2 is 1.87 bits per heavy atom. The summed E-state index contributed by atoms with van der Waals surface area (Å²) in [6.45, 7) is 6.05. The second-order valence-corrected chi connectivity index (χ2v) is 20.5. The van der Waals surface area contributed by atoms with Crippen LogP contribution >= 0.6 is 0 Å². The Bertz CT molecular complexity index is 2250. The highest BCUT2D eigenvalue weighted by Crippen LogP contribution is 2.49. The summed E-state index contributed by atoms with van der Waals surface area (Å²) in [4.78, 5) is 65.6. The van der Waals surface area contributed by atoms with Crippen LogP contribution in [0.3, 0.4) is 0 Å². The topological polar surface area (TPSA) is 188 Å². The minimum atomic E-state index is -4.48. The number of carbonyl (C=O) groups is 4. The number of carboxylic acid groups (broad SMARTS) is 1. The van der Waals surface area contributed by atoms with Crippen molar-refractivity contribution in [1.82, 2.24) is 24.8 Å². The van der Waals surface area contributed by atoms with E-state index < -0.39 is 92.3 Å². The van der Waals surface area contributed by atoms with E-state index in [0.717, 1.165) is 24.4 Å². The third kappa shape index (κ3) is 8.02. The molecule has 7 atom stereocenters. The van der Waals surface area contributed by atoms with E-state index in [1.807, 2.05) is 36.9 Å². The second-order valence-electron chi connectivity index (χ2n) is 18.5. The molecule has 4 heterocycles. The minimum absolute atomic E-state index is 0.00394. The summed E-state index contributed by atoms with van der Waals surface area (Å²) in [5, 5.41) is 14.8. The van der Waals surface area contributed by atoms with Gasteiger partial charge in [-0.2, -0.15) is 0 Å². The molecule has 340 valence electrons. The maximum Gasteiger partial charge on any atom is 0.408 e. The standard InChI is InChI=1S/C43H57F3N6O9S/c1-7-26-20-25(2)10-8-9-11-27-22-43(27,38(55)49-62(58,59)42(24-44)15-16-42)48-35(53)32-21-28(23-51(32)37(54)33(26)52(39(56)57)40(3,4)41(5,45)46)61-36-30-12-13-31-34(29(30)14-17-47-36)60-19-18-50(31)6/h9,11-14,17,25-28,32-33H,7-8,10,15-16,18-24H2,1-6H3,(H,48,53)(H,49,55)(H,56,57)/b11-9-/t25-,26+,27+,28+,32-,33-,43+/m0/s1. The molecule has 19 heteroatoms. The number of amides is 4. The number of benzene rings is 1. The zero-order valence-electron chi connectivity index (χ0n) is 36.0. The van der Waals surface area contributed by atoms with Crippen LogP contribution in [0.4, 0.5) is 23.7 Å². The molecule has 7 rings (SSSR count). The lowest BCUT2D eigenvalue weighted by molar-refractivity contribution is -0.157. The average Bonchev–Trinajstić information content (AvgIpc) is 4.11. The Kier molecular flexibility index (Phi) is 12.0. The third-order valence-electron chi connectivity index (χ3n) is 13.9. The summed E-state index contributed by atoms with van der Waals surface area (Å²) < 4.78 is 84.4. The molecule has 1 aromatic heterocycles. The number of anilines is 1. The summed E-state index contributed by atoms with van der Waals surface area (Å²) in [5.74, 6) is -7.20. The zero-order valence-corrected chi connectivity index (χ0v) is 36.8. The van der Waals surface area contributed by atoms with Gasteiger partial charge in [0.05, 0.1) is 18.8 Å². The lowest BCUT2D eigenvalue weighted by Gasteiger charge is -2.47. The lowest BCUT2D eigenvalue weighted by Crippen LogP contribution is -2.67. The van der Waals surface area contributed by atoms with Gasteiger partial charge in [0.2, 0.25) is 27.7 Å². The summed E-state index contributed by atoms with van der Waals surface area (Å²) in [6, 6.07) is 2.34. The van der Waals surface area contributed by atoms with Gasteiger partial charge in [0.1, 0.15) is 47.3 Å². The van der Waals surface area contributed by atoms with Crippen LogP contribution in [0.25, 0.3) is 10.8 Å². The molecule has 0 bridgehead atoms. The molecular weight excluding hydrogens is 834 g/mol. The molecule has 2 aromatic rings. The molecule has 62 heavy (non-hydrogen) atoms. The van der Waals surface area contributed by atoms with Gasteiger partial charge in [-0.1, -0.05) is 32.4 Å². The Morgan fingerprint density at radius 3 is 2.52 bits per heavy atom. The van der Waals surface area contributed by atoms with Crippen LogP contribution < -0.4 is 24.4 Å². The number of rotatable bonds is 10. The maximum atomic E-state index is 15.5. The van der Waals surface area contributed by atoms with Gasteiger partial charge in [-0.15, -0.1) is 0 Å². The second kappa shape index (κ2) is 16.4. The van der Waals surface area contributed by atoms with E-state index in [2.05, 4.69) is 15.2 Å². The largest absolute Gasteiger partial charge is 0.489 e. The normalized spacial score (nSPS) is 29.4. The predicted octanol–water partition coefficient (Wildman–Crippen LogP) is 5.42. The van der Waals surface area contributed by atoms with E-state index in [-0.39, 0.29) is 56.9 Å². The highest BCUT2D eigenvalue weighted by Gasteiger charge is 2.64. The number of alkyl halides is 3. The number of hydrogen-bond donors (Lipinski definition) is 3. The van der Waals surface area contributed by atoms with E-state index in [1.165, 1.54) is 6.20 Å². The zero-order chi connectivity index (χ0) is 45.2. The SMILES string of the molecule is CC[C@@H]1C[C@@H](C)CC/C=C\[C@@H]2C[C@@]2(C(=O)NS(=O)(=O)C2(CF)CC2)NC(=O)[C@@H]2C[C@@H](Oc3nccc4c5c(ccc34)N(C)CCO5)CN2C(=O)[C@H]1N(C(=O)O)C(C)(C)C(C)(F)F. The van der Waals surface area contributed by atoms with Crippen LogP contribution in [-0.4, -0.2) is 125 Å². The maximum absolute atomic E-state index is 15.5. The number of sulfonamides is 1. The summed E-state index contributed by atoms with van der Waals surface area (Å²) >= 11 is 0. The first-order chi connectivity index (χ1) is 29.1. The first-order valence-corrected chi connectivity index (χ1v) is 22.8. The van der Waals surface area contributed by atoms with Crippen LogP contribution in [0.5, 0.6) is 11.6 Å². The van der Waals surface area contributed by atoms with Crippen molar-refractivity contribution in [2.75, 3.05) is 38.3 Å². The molecule has 2 aliphatic carbocycles. The molecule has 0 unspecified atom stereocenters. The van der Waals surface area contributed by atoms with E-state index in [0.29, 0.717) is 54.3 Å². The molecule has 3 N–H and O–H groups in total. The molecule has 15 nitrogen and oxygen atoms in total. The number of nitrogens with zero attached hydrogens (tertiary/aromatic N) is 4. The Labute approximate surface area is 359 Å². The number of ether oxygens (including phenoxy) is 2. The smallest absolute Gasteiger partial charge is 0.408 e. The van der Waals surface area contributed by atoms with Crippen LogP contribution in [0, 0.1) is 17.8 Å². The van der Waals surface area contributed by atoms with Crippen molar-refractivity contribution in [3.05, 3.63) is 36.5 Å². The molecule has 2 saturated carbocycles. The van der Waals surface area contributed by atoms with Crippen molar-refractivity contribution in [2.24, 2.45) is 17.8 Å². The number of allylic oxidation sites excluding steroid dienone is 1. The van der Waals surface area contributed by atoms with Crippen LogP contribution in [0.15, 0.2) is 36.5 Å². The Hall–Kier alpha value is -4.81. The van der Waals surface area contributed by atoms with Crippen molar-refractivity contribution in [3.8, 4) is 11.6 Å². The Balaban J connectivity index is 1.30. The van der Waals surface area contributed by atoms with Gasteiger partial charge < -0.3 is 29.7 Å². The number of carbonyl (C=O) groups excluding carboxylic acids is 3. The molecule has 0 radical (unpaired) electrons. The average molecular weight is 891 g/mol. The van der Waals surface area contributed by atoms with E-state index in [9.17, 15) is 32.3 Å². The number of hydrogen-bond acceptors (Lipinski definition) is 10. The van der Waals surface area contributed by atoms with Gasteiger partial charge in [-0.3, -0.25) is 24.0 Å².